The van der Waals surface area contributed by atoms with Crippen LogP contribution in [0.4, 0.5) is 13.2 Å². The van der Waals surface area contributed by atoms with E-state index in [0.717, 1.165) is 0 Å². The van der Waals surface area contributed by atoms with E-state index in [0.29, 0.717) is 0 Å². The van der Waals surface area contributed by atoms with Crippen molar-refractivity contribution >= 4 is 22.6 Å². The summed E-state index contributed by atoms with van der Waals surface area (Å²) in [5, 5.41) is 0. The molecule has 0 spiro atoms. The minimum Gasteiger partial charge on any atom is -0.257 e. The van der Waals surface area contributed by atoms with Gasteiger partial charge in [-0.3, -0.25) is 4.98 Å². The van der Waals surface area contributed by atoms with Crippen molar-refractivity contribution in [2.45, 2.75) is 13.3 Å². The molecule has 0 aliphatic carbocycles. The number of aryl methyl sites for hydroxylation is 1. The zero-order valence-corrected chi connectivity index (χ0v) is 8.27. The lowest BCUT2D eigenvalue weighted by atomic mass is 10.2. The molecule has 1 aromatic rings. The fourth-order valence-corrected chi connectivity index (χ4v) is 1.39. The molecule has 0 saturated carbocycles. The zero-order valence-electron chi connectivity index (χ0n) is 6.11. The fraction of sp³-hybridized carbons (Fsp3) is 0.286. The van der Waals surface area contributed by atoms with Gasteiger partial charge in [0, 0.05) is 9.77 Å². The van der Waals surface area contributed by atoms with E-state index in [-0.39, 0.29) is 9.26 Å². The molecule has 0 saturated heterocycles. The van der Waals surface area contributed by atoms with Crippen molar-refractivity contribution in [3.8, 4) is 0 Å². The molecule has 0 aromatic carbocycles. The monoisotopic (exact) mass is 287 g/mol. The number of aromatic nitrogens is 1. The van der Waals surface area contributed by atoms with Crippen molar-refractivity contribution in [3.05, 3.63) is 26.8 Å². The maximum absolute atomic E-state index is 13.0. The van der Waals surface area contributed by atoms with Gasteiger partial charge in [-0.25, -0.2) is 13.2 Å². The molecule has 0 bridgehead atoms. The Morgan fingerprint density at radius 1 is 1.50 bits per heavy atom. The molecule has 0 aliphatic heterocycles. The molecule has 12 heavy (non-hydrogen) atoms. The molecule has 1 rings (SSSR count). The second-order valence-corrected chi connectivity index (χ2v) is 3.38. The second-order valence-electron chi connectivity index (χ2n) is 2.22. The largest absolute Gasteiger partial charge is 0.267 e. The molecule has 0 N–H and O–H groups in total. The van der Waals surface area contributed by atoms with Gasteiger partial charge in [-0.2, -0.15) is 0 Å². The van der Waals surface area contributed by atoms with Gasteiger partial charge >= 0.3 is 0 Å². The number of pyridine rings is 1. The molecule has 0 aliphatic rings. The summed E-state index contributed by atoms with van der Waals surface area (Å²) in [4.78, 5) is 3.61. The van der Waals surface area contributed by atoms with E-state index < -0.39 is 17.8 Å². The van der Waals surface area contributed by atoms with Crippen molar-refractivity contribution in [1.29, 1.82) is 0 Å². The third-order valence-corrected chi connectivity index (χ3v) is 2.26. The van der Waals surface area contributed by atoms with E-state index in [1.807, 2.05) is 0 Å². The average molecular weight is 287 g/mol. The quantitative estimate of drug-likeness (QED) is 0.723. The normalized spacial score (nSPS) is 10.8. The first-order valence-corrected chi connectivity index (χ1v) is 4.20. The van der Waals surface area contributed by atoms with Crippen molar-refractivity contribution in [3.63, 3.8) is 0 Å². The van der Waals surface area contributed by atoms with Crippen LogP contribution in [0.15, 0.2) is 6.20 Å². The van der Waals surface area contributed by atoms with Gasteiger partial charge in [-0.15, -0.1) is 0 Å². The second kappa shape index (κ2) is 3.59. The van der Waals surface area contributed by atoms with Crippen molar-refractivity contribution in [2.24, 2.45) is 0 Å². The average Bonchev–Trinajstić information content (AvgIpc) is 1.97. The van der Waals surface area contributed by atoms with Gasteiger partial charge in [0.05, 0.1) is 11.3 Å². The Hall–Kier alpha value is -0.330. The highest BCUT2D eigenvalue weighted by atomic mass is 127. The van der Waals surface area contributed by atoms with Crippen LogP contribution in [0.25, 0.3) is 0 Å². The SMILES string of the molecule is Cc1ncc(I)c(C(F)F)c1F. The zero-order chi connectivity index (χ0) is 9.30. The van der Waals surface area contributed by atoms with Gasteiger partial charge in [-0.05, 0) is 29.5 Å². The minimum absolute atomic E-state index is 0.00529. The van der Waals surface area contributed by atoms with Gasteiger partial charge in [0.1, 0.15) is 0 Å². The molecular weight excluding hydrogens is 282 g/mol. The summed E-state index contributed by atoms with van der Waals surface area (Å²) in [5.74, 6) is -0.906. The van der Waals surface area contributed by atoms with Crippen LogP contribution in [0.3, 0.4) is 0 Å². The number of nitrogens with zero attached hydrogens (tertiary/aromatic N) is 1. The van der Waals surface area contributed by atoms with Crippen molar-refractivity contribution in [1.82, 2.24) is 4.98 Å². The molecule has 0 unspecified atom stereocenters. The standard InChI is InChI=1S/C7H5F3IN/c1-3-6(8)5(7(9)10)4(11)2-12-3/h2,7H,1H3. The Morgan fingerprint density at radius 2 is 2.08 bits per heavy atom. The lowest BCUT2D eigenvalue weighted by Crippen LogP contribution is -1.99. The van der Waals surface area contributed by atoms with E-state index >= 15 is 0 Å². The minimum atomic E-state index is -2.78. The number of alkyl halides is 2. The molecule has 5 heteroatoms. The van der Waals surface area contributed by atoms with Crippen LogP contribution in [0.1, 0.15) is 17.7 Å². The highest BCUT2D eigenvalue weighted by Gasteiger charge is 2.19. The maximum atomic E-state index is 13.0. The number of rotatable bonds is 1. The van der Waals surface area contributed by atoms with E-state index in [1.54, 1.807) is 22.6 Å². The molecule has 1 nitrogen and oxygen atoms in total. The van der Waals surface area contributed by atoms with Crippen LogP contribution in [-0.4, -0.2) is 4.98 Å². The summed E-state index contributed by atoms with van der Waals surface area (Å²) in [6, 6.07) is 0. The third kappa shape index (κ3) is 1.70. The topological polar surface area (TPSA) is 12.9 Å². The van der Waals surface area contributed by atoms with E-state index in [9.17, 15) is 13.2 Å². The van der Waals surface area contributed by atoms with Crippen LogP contribution in [0.5, 0.6) is 0 Å². The number of halogens is 4. The predicted octanol–water partition coefficient (Wildman–Crippen LogP) is 3.07. The van der Waals surface area contributed by atoms with Gasteiger partial charge in [-0.1, -0.05) is 0 Å². The summed E-state index contributed by atoms with van der Waals surface area (Å²) in [6.45, 7) is 1.36. The summed E-state index contributed by atoms with van der Waals surface area (Å²) >= 11 is 1.64. The maximum Gasteiger partial charge on any atom is 0.267 e. The third-order valence-electron chi connectivity index (χ3n) is 1.40. The first-order chi connectivity index (χ1) is 5.54. The summed E-state index contributed by atoms with van der Waals surface area (Å²) in [5.41, 5.74) is -0.547. The van der Waals surface area contributed by atoms with E-state index in [2.05, 4.69) is 4.98 Å². The summed E-state index contributed by atoms with van der Waals surface area (Å²) in [7, 11) is 0. The fourth-order valence-electron chi connectivity index (χ4n) is 0.779. The Bertz CT molecular complexity index is 301. The molecule has 0 atom stereocenters. The van der Waals surface area contributed by atoms with Crippen LogP contribution < -0.4 is 0 Å². The Labute approximate surface area is 81.1 Å². The van der Waals surface area contributed by atoms with Crippen LogP contribution >= 0.6 is 22.6 Å². The lowest BCUT2D eigenvalue weighted by Gasteiger charge is -2.05. The van der Waals surface area contributed by atoms with Crippen LogP contribution in [0.2, 0.25) is 0 Å². The Balaban J connectivity index is 3.33. The van der Waals surface area contributed by atoms with Gasteiger partial charge < -0.3 is 0 Å². The molecule has 0 amide bonds. The van der Waals surface area contributed by atoms with E-state index in [1.165, 1.54) is 13.1 Å². The smallest absolute Gasteiger partial charge is 0.257 e. The Morgan fingerprint density at radius 3 is 2.50 bits per heavy atom. The van der Waals surface area contributed by atoms with Crippen LogP contribution in [0, 0.1) is 16.3 Å². The Kier molecular flexibility index (Phi) is 2.92. The number of hydrogen-bond donors (Lipinski definition) is 0. The van der Waals surface area contributed by atoms with Crippen LogP contribution in [-0.2, 0) is 0 Å². The van der Waals surface area contributed by atoms with Crippen molar-refractivity contribution < 1.29 is 13.2 Å². The molecular formula is C7H5F3IN. The summed E-state index contributed by atoms with van der Waals surface area (Å²) < 4.78 is 37.5. The molecule has 66 valence electrons. The van der Waals surface area contributed by atoms with Crippen molar-refractivity contribution in [2.75, 3.05) is 0 Å². The first kappa shape index (κ1) is 9.76. The van der Waals surface area contributed by atoms with E-state index in [4.69, 9.17) is 0 Å². The molecule has 0 radical (unpaired) electrons. The van der Waals surface area contributed by atoms with Gasteiger partial charge in [0.2, 0.25) is 0 Å². The molecule has 1 aromatic heterocycles. The van der Waals surface area contributed by atoms with Gasteiger partial charge in [0.25, 0.3) is 6.43 Å². The lowest BCUT2D eigenvalue weighted by molar-refractivity contribution is 0.145. The predicted molar refractivity (Wildman–Crippen MR) is 46.6 cm³/mol. The van der Waals surface area contributed by atoms with Gasteiger partial charge in [0.15, 0.2) is 5.82 Å². The number of hydrogen-bond acceptors (Lipinski definition) is 1. The molecule has 1 heterocycles. The highest BCUT2D eigenvalue weighted by Crippen LogP contribution is 2.27. The summed E-state index contributed by atoms with van der Waals surface area (Å²) in [6.07, 6.45) is -1.54. The molecule has 0 fully saturated rings. The highest BCUT2D eigenvalue weighted by molar-refractivity contribution is 14.1. The first-order valence-electron chi connectivity index (χ1n) is 3.12.